The van der Waals surface area contributed by atoms with Crippen molar-refractivity contribution in [3.05, 3.63) is 18.5 Å². The summed E-state index contributed by atoms with van der Waals surface area (Å²) in [5.41, 5.74) is 6.63. The van der Waals surface area contributed by atoms with Crippen LogP contribution in [0.15, 0.2) is 18.5 Å². The van der Waals surface area contributed by atoms with Gasteiger partial charge in [-0.2, -0.15) is 0 Å². The zero-order chi connectivity index (χ0) is 9.68. The van der Waals surface area contributed by atoms with Gasteiger partial charge in [0.2, 0.25) is 5.91 Å². The summed E-state index contributed by atoms with van der Waals surface area (Å²) < 4.78 is 0. The van der Waals surface area contributed by atoms with E-state index in [9.17, 15) is 4.79 Å². The maximum Gasteiger partial charge on any atom is 0.236 e. The van der Waals surface area contributed by atoms with Gasteiger partial charge >= 0.3 is 0 Å². The van der Waals surface area contributed by atoms with Gasteiger partial charge in [0.25, 0.3) is 0 Å². The normalized spacial score (nSPS) is 9.31. The molecular weight excluding hydrogens is 168 g/mol. The van der Waals surface area contributed by atoms with Crippen LogP contribution < -0.4 is 16.4 Å². The predicted octanol–water partition coefficient (Wildman–Crippen LogP) is 0.0205. The van der Waals surface area contributed by atoms with E-state index in [4.69, 9.17) is 5.73 Å². The zero-order valence-corrected chi connectivity index (χ0v) is 7.37. The third kappa shape index (κ3) is 2.98. The molecule has 0 fully saturated rings. The lowest BCUT2D eigenvalue weighted by Gasteiger charge is -2.04. The first-order valence-electron chi connectivity index (χ1n) is 3.87. The molecule has 0 aromatic carbocycles. The molecule has 70 valence electrons. The minimum atomic E-state index is -0.394. The van der Waals surface area contributed by atoms with Crippen LogP contribution in [-0.4, -0.2) is 24.5 Å². The van der Waals surface area contributed by atoms with Crippen LogP contribution >= 0.6 is 0 Å². The Kier molecular flexibility index (Phi) is 3.08. The lowest BCUT2D eigenvalue weighted by molar-refractivity contribution is -0.116. The fraction of sp³-hybridized carbons (Fsp3) is 0.250. The maximum absolute atomic E-state index is 10.5. The molecule has 0 aliphatic rings. The van der Waals surface area contributed by atoms with Gasteiger partial charge in [0.15, 0.2) is 0 Å². The molecule has 0 aliphatic heterocycles. The topological polar surface area (TPSA) is 80.0 Å². The summed E-state index contributed by atoms with van der Waals surface area (Å²) in [5.74, 6) is -0.394. The fourth-order valence-corrected chi connectivity index (χ4v) is 0.863. The molecule has 13 heavy (non-hydrogen) atoms. The van der Waals surface area contributed by atoms with E-state index in [0.717, 1.165) is 11.4 Å². The van der Waals surface area contributed by atoms with Crippen molar-refractivity contribution < 1.29 is 4.79 Å². The molecule has 1 aromatic heterocycles. The van der Waals surface area contributed by atoms with Gasteiger partial charge in [-0.05, 0) is 6.07 Å². The molecule has 0 bridgehead atoms. The van der Waals surface area contributed by atoms with Crippen LogP contribution in [0.1, 0.15) is 0 Å². The van der Waals surface area contributed by atoms with E-state index in [0.29, 0.717) is 0 Å². The number of aromatic nitrogens is 1. The highest BCUT2D eigenvalue weighted by Crippen LogP contribution is 2.11. The molecule has 1 rings (SSSR count). The van der Waals surface area contributed by atoms with Crippen LogP contribution in [0.4, 0.5) is 11.4 Å². The zero-order valence-electron chi connectivity index (χ0n) is 7.37. The first-order chi connectivity index (χ1) is 6.22. The highest BCUT2D eigenvalue weighted by atomic mass is 16.1. The fourth-order valence-electron chi connectivity index (χ4n) is 0.863. The molecule has 0 spiro atoms. The Morgan fingerprint density at radius 1 is 1.54 bits per heavy atom. The second-order valence-corrected chi connectivity index (χ2v) is 2.53. The first kappa shape index (κ1) is 9.31. The predicted molar refractivity (Wildman–Crippen MR) is 51.5 cm³/mol. The molecule has 4 N–H and O–H groups in total. The van der Waals surface area contributed by atoms with Crippen molar-refractivity contribution in [1.82, 2.24) is 4.98 Å². The van der Waals surface area contributed by atoms with Crippen LogP contribution in [0.3, 0.4) is 0 Å². The molecule has 1 amide bonds. The van der Waals surface area contributed by atoms with Gasteiger partial charge in [0, 0.05) is 7.05 Å². The number of pyridine rings is 1. The van der Waals surface area contributed by atoms with Crippen LogP contribution in [-0.2, 0) is 4.79 Å². The molecule has 1 aromatic rings. The van der Waals surface area contributed by atoms with E-state index in [1.807, 2.05) is 6.07 Å². The summed E-state index contributed by atoms with van der Waals surface area (Å²) in [6.07, 6.45) is 3.32. The monoisotopic (exact) mass is 180 g/mol. The van der Waals surface area contributed by atoms with E-state index in [-0.39, 0.29) is 6.54 Å². The van der Waals surface area contributed by atoms with Crippen molar-refractivity contribution in [1.29, 1.82) is 0 Å². The summed E-state index contributed by atoms with van der Waals surface area (Å²) in [7, 11) is 1.80. The Balaban J connectivity index is 2.61. The van der Waals surface area contributed by atoms with Gasteiger partial charge in [-0.3, -0.25) is 9.78 Å². The molecule has 0 saturated carbocycles. The molecular formula is C8H12N4O. The second kappa shape index (κ2) is 4.30. The molecule has 0 atom stereocenters. The quantitative estimate of drug-likeness (QED) is 0.610. The van der Waals surface area contributed by atoms with Gasteiger partial charge in [-0.1, -0.05) is 0 Å². The summed E-state index contributed by atoms with van der Waals surface area (Å²) in [6.45, 7) is 0.120. The van der Waals surface area contributed by atoms with Crippen molar-refractivity contribution in [3.63, 3.8) is 0 Å². The number of primary amides is 1. The molecule has 0 saturated heterocycles. The van der Waals surface area contributed by atoms with Crippen LogP contribution in [0.25, 0.3) is 0 Å². The van der Waals surface area contributed by atoms with E-state index in [1.54, 1.807) is 19.4 Å². The third-order valence-corrected chi connectivity index (χ3v) is 1.49. The number of hydrogen-bond acceptors (Lipinski definition) is 4. The number of anilines is 2. The number of carbonyl (C=O) groups excluding carboxylic acids is 1. The van der Waals surface area contributed by atoms with Crippen LogP contribution in [0.2, 0.25) is 0 Å². The number of carbonyl (C=O) groups is 1. The summed E-state index contributed by atoms with van der Waals surface area (Å²) in [4.78, 5) is 14.4. The first-order valence-corrected chi connectivity index (χ1v) is 3.87. The molecule has 1 heterocycles. The Labute approximate surface area is 76.3 Å². The standard InChI is InChI=1S/C8H12N4O/c1-10-6-2-7(4-11-3-6)12-5-8(9)13/h2-4,10,12H,5H2,1H3,(H2,9,13). The summed E-state index contributed by atoms with van der Waals surface area (Å²) in [6, 6.07) is 1.84. The van der Waals surface area contributed by atoms with Crippen molar-refractivity contribution >= 4 is 17.3 Å². The number of hydrogen-bond donors (Lipinski definition) is 3. The van der Waals surface area contributed by atoms with Gasteiger partial charge < -0.3 is 16.4 Å². The highest BCUT2D eigenvalue weighted by molar-refractivity contribution is 5.78. The number of nitrogens with one attached hydrogen (secondary N) is 2. The largest absolute Gasteiger partial charge is 0.387 e. The van der Waals surface area contributed by atoms with Gasteiger partial charge in [-0.25, -0.2) is 0 Å². The molecule has 0 radical (unpaired) electrons. The molecule has 5 heteroatoms. The lowest BCUT2D eigenvalue weighted by Crippen LogP contribution is -2.21. The lowest BCUT2D eigenvalue weighted by atomic mass is 10.3. The Morgan fingerprint density at radius 2 is 2.23 bits per heavy atom. The average Bonchev–Trinajstić information content (AvgIpc) is 2.15. The van der Waals surface area contributed by atoms with Crippen molar-refractivity contribution in [3.8, 4) is 0 Å². The minimum absolute atomic E-state index is 0.120. The van der Waals surface area contributed by atoms with E-state index in [1.165, 1.54) is 0 Å². The maximum atomic E-state index is 10.5. The number of rotatable bonds is 4. The highest BCUT2D eigenvalue weighted by Gasteiger charge is 1.96. The number of nitrogens with zero attached hydrogens (tertiary/aromatic N) is 1. The van der Waals surface area contributed by atoms with E-state index < -0.39 is 5.91 Å². The molecule has 0 unspecified atom stereocenters. The van der Waals surface area contributed by atoms with Gasteiger partial charge in [0.05, 0.1) is 30.3 Å². The minimum Gasteiger partial charge on any atom is -0.387 e. The third-order valence-electron chi connectivity index (χ3n) is 1.49. The second-order valence-electron chi connectivity index (χ2n) is 2.53. The molecule has 0 aliphatic carbocycles. The van der Waals surface area contributed by atoms with Crippen LogP contribution in [0.5, 0.6) is 0 Å². The summed E-state index contributed by atoms with van der Waals surface area (Å²) in [5, 5.41) is 5.78. The van der Waals surface area contributed by atoms with Gasteiger partial charge in [0.1, 0.15) is 0 Å². The van der Waals surface area contributed by atoms with E-state index in [2.05, 4.69) is 15.6 Å². The van der Waals surface area contributed by atoms with Crippen molar-refractivity contribution in [2.75, 3.05) is 24.2 Å². The number of amides is 1. The van der Waals surface area contributed by atoms with Crippen LogP contribution in [0, 0.1) is 0 Å². The smallest absolute Gasteiger partial charge is 0.236 e. The Hall–Kier alpha value is -1.78. The van der Waals surface area contributed by atoms with Crippen molar-refractivity contribution in [2.45, 2.75) is 0 Å². The summed E-state index contributed by atoms with van der Waals surface area (Å²) >= 11 is 0. The molecule has 5 nitrogen and oxygen atoms in total. The average molecular weight is 180 g/mol. The van der Waals surface area contributed by atoms with Gasteiger partial charge in [-0.15, -0.1) is 0 Å². The van der Waals surface area contributed by atoms with Crippen molar-refractivity contribution in [2.24, 2.45) is 5.73 Å². The number of nitrogens with two attached hydrogens (primary N) is 1. The SMILES string of the molecule is CNc1cncc(NCC(N)=O)c1. The Morgan fingerprint density at radius 3 is 2.85 bits per heavy atom. The van der Waals surface area contributed by atoms with E-state index >= 15 is 0 Å². The Bertz CT molecular complexity index is 300.